The van der Waals surface area contributed by atoms with Gasteiger partial charge in [0.2, 0.25) is 5.91 Å². The molecule has 0 bridgehead atoms. The van der Waals surface area contributed by atoms with Gasteiger partial charge in [-0.3, -0.25) is 4.79 Å². The lowest BCUT2D eigenvalue weighted by Crippen LogP contribution is -2.49. The summed E-state index contributed by atoms with van der Waals surface area (Å²) in [6, 6.07) is 8.98. The van der Waals surface area contributed by atoms with Crippen LogP contribution >= 0.6 is 34.5 Å². The summed E-state index contributed by atoms with van der Waals surface area (Å²) in [7, 11) is -3.75. The zero-order valence-corrected chi connectivity index (χ0v) is 16.3. The number of nitrogens with zero attached hydrogens (tertiary/aromatic N) is 1. The minimum Gasteiger partial charge on any atom is -0.325 e. The molecule has 1 aromatic heterocycles. The third-order valence-corrected chi connectivity index (χ3v) is 7.84. The Morgan fingerprint density at radius 2 is 1.84 bits per heavy atom. The van der Waals surface area contributed by atoms with Crippen molar-refractivity contribution < 1.29 is 13.2 Å². The van der Waals surface area contributed by atoms with Gasteiger partial charge in [0.05, 0.1) is 4.34 Å². The highest BCUT2D eigenvalue weighted by molar-refractivity contribution is 7.91. The summed E-state index contributed by atoms with van der Waals surface area (Å²) in [4.78, 5) is 12.7. The molecule has 1 aliphatic heterocycles. The Hall–Kier alpha value is -1.12. The SMILES string of the molecule is O=C(Nc1ccc(Cl)cc1)C1CCCCN1S(=O)(=O)c1ccc(Cl)s1. The van der Waals surface area contributed by atoms with E-state index in [1.54, 1.807) is 30.3 Å². The molecule has 1 atom stereocenters. The first-order valence-corrected chi connectivity index (χ1v) is 10.7. The number of carbonyl (C=O) groups is 1. The number of carbonyl (C=O) groups excluding carboxylic acids is 1. The normalized spacial score (nSPS) is 18.9. The predicted octanol–water partition coefficient (Wildman–Crippen LogP) is 4.24. The fraction of sp³-hybridized carbons (Fsp3) is 0.312. The minimum absolute atomic E-state index is 0.156. The Morgan fingerprint density at radius 1 is 1.12 bits per heavy atom. The van der Waals surface area contributed by atoms with E-state index in [-0.39, 0.29) is 10.1 Å². The standard InChI is InChI=1S/C16H16Cl2N2O3S2/c17-11-4-6-12(7-5-11)19-16(21)13-3-1-2-10-20(13)25(22,23)15-9-8-14(18)24-15/h4-9,13H,1-3,10H2,(H,19,21). The van der Waals surface area contributed by atoms with E-state index >= 15 is 0 Å². The first kappa shape index (κ1) is 18.7. The molecule has 0 saturated carbocycles. The maximum absolute atomic E-state index is 12.9. The van der Waals surface area contributed by atoms with Crippen LogP contribution in [0.1, 0.15) is 19.3 Å². The van der Waals surface area contributed by atoms with Gasteiger partial charge in [0.1, 0.15) is 10.3 Å². The number of thiophene rings is 1. The van der Waals surface area contributed by atoms with Crippen molar-refractivity contribution in [2.24, 2.45) is 0 Å². The lowest BCUT2D eigenvalue weighted by atomic mass is 10.0. The molecule has 1 amide bonds. The van der Waals surface area contributed by atoms with Crippen LogP contribution in [-0.2, 0) is 14.8 Å². The van der Waals surface area contributed by atoms with E-state index in [0.29, 0.717) is 28.0 Å². The van der Waals surface area contributed by atoms with Gasteiger partial charge in [0, 0.05) is 17.3 Å². The Bertz CT molecular complexity index is 866. The van der Waals surface area contributed by atoms with Gasteiger partial charge in [-0.1, -0.05) is 29.6 Å². The van der Waals surface area contributed by atoms with Crippen LogP contribution in [0.2, 0.25) is 9.36 Å². The zero-order valence-electron chi connectivity index (χ0n) is 13.1. The summed E-state index contributed by atoms with van der Waals surface area (Å²) >= 11 is 12.7. The number of piperidine rings is 1. The second kappa shape index (κ2) is 7.63. The van der Waals surface area contributed by atoms with Gasteiger partial charge in [-0.05, 0) is 49.2 Å². The number of nitrogens with one attached hydrogen (secondary N) is 1. The van der Waals surface area contributed by atoms with Gasteiger partial charge < -0.3 is 5.32 Å². The molecule has 9 heteroatoms. The molecule has 25 heavy (non-hydrogen) atoms. The van der Waals surface area contributed by atoms with Crippen LogP contribution in [0.15, 0.2) is 40.6 Å². The highest BCUT2D eigenvalue weighted by Crippen LogP contribution is 2.32. The van der Waals surface area contributed by atoms with Crippen LogP contribution in [0.3, 0.4) is 0 Å². The van der Waals surface area contributed by atoms with Crippen LogP contribution in [0.5, 0.6) is 0 Å². The van der Waals surface area contributed by atoms with Crippen molar-refractivity contribution >= 4 is 56.2 Å². The first-order chi connectivity index (χ1) is 11.9. The van der Waals surface area contributed by atoms with E-state index in [2.05, 4.69) is 5.32 Å². The number of anilines is 1. The van der Waals surface area contributed by atoms with Gasteiger partial charge in [0.25, 0.3) is 10.0 Å². The second-order valence-electron chi connectivity index (χ2n) is 5.68. The van der Waals surface area contributed by atoms with Gasteiger partial charge in [-0.2, -0.15) is 4.31 Å². The van der Waals surface area contributed by atoms with Crippen molar-refractivity contribution in [3.63, 3.8) is 0 Å². The molecular weight excluding hydrogens is 403 g/mol. The van der Waals surface area contributed by atoms with Crippen LogP contribution in [0.25, 0.3) is 0 Å². The van der Waals surface area contributed by atoms with Gasteiger partial charge in [0.15, 0.2) is 0 Å². The third-order valence-electron chi connectivity index (χ3n) is 3.98. The summed E-state index contributed by atoms with van der Waals surface area (Å²) in [5, 5.41) is 3.34. The van der Waals surface area contributed by atoms with E-state index in [4.69, 9.17) is 23.2 Å². The highest BCUT2D eigenvalue weighted by atomic mass is 35.5. The molecule has 2 aromatic rings. The van der Waals surface area contributed by atoms with Gasteiger partial charge >= 0.3 is 0 Å². The molecule has 1 aromatic carbocycles. The molecule has 0 spiro atoms. The topological polar surface area (TPSA) is 66.5 Å². The Balaban J connectivity index is 1.83. The van der Waals surface area contributed by atoms with Crippen molar-refractivity contribution in [1.29, 1.82) is 0 Å². The molecule has 5 nitrogen and oxygen atoms in total. The van der Waals surface area contributed by atoms with Crippen molar-refractivity contribution in [2.45, 2.75) is 29.5 Å². The quantitative estimate of drug-likeness (QED) is 0.806. The number of rotatable bonds is 4. The Kier molecular flexibility index (Phi) is 5.70. The van der Waals surface area contributed by atoms with E-state index in [1.165, 1.54) is 10.4 Å². The summed E-state index contributed by atoms with van der Waals surface area (Å²) < 4.78 is 27.6. The van der Waals surface area contributed by atoms with Crippen molar-refractivity contribution in [1.82, 2.24) is 4.31 Å². The van der Waals surface area contributed by atoms with Crippen LogP contribution < -0.4 is 5.32 Å². The van der Waals surface area contributed by atoms with Crippen molar-refractivity contribution in [3.05, 3.63) is 45.8 Å². The number of hydrogen-bond acceptors (Lipinski definition) is 4. The molecule has 1 fully saturated rings. The van der Waals surface area contributed by atoms with E-state index in [9.17, 15) is 13.2 Å². The maximum Gasteiger partial charge on any atom is 0.253 e. The lowest BCUT2D eigenvalue weighted by Gasteiger charge is -2.33. The number of halogens is 2. The predicted molar refractivity (Wildman–Crippen MR) is 101 cm³/mol. The number of amides is 1. The van der Waals surface area contributed by atoms with E-state index < -0.39 is 16.1 Å². The molecule has 1 N–H and O–H groups in total. The number of benzene rings is 1. The van der Waals surface area contributed by atoms with Crippen LogP contribution in [-0.4, -0.2) is 31.2 Å². The monoisotopic (exact) mass is 418 g/mol. The minimum atomic E-state index is -3.75. The van der Waals surface area contributed by atoms with Crippen LogP contribution in [0.4, 0.5) is 5.69 Å². The molecular formula is C16H16Cl2N2O3S2. The molecule has 134 valence electrons. The van der Waals surface area contributed by atoms with Gasteiger partial charge in [-0.15, -0.1) is 11.3 Å². The second-order valence-corrected chi connectivity index (χ2v) is 9.95. The average molecular weight is 419 g/mol. The number of sulfonamides is 1. The smallest absolute Gasteiger partial charge is 0.253 e. The summed E-state index contributed by atoms with van der Waals surface area (Å²) in [6.07, 6.45) is 2.01. The lowest BCUT2D eigenvalue weighted by molar-refractivity contribution is -0.120. The molecule has 0 aliphatic carbocycles. The summed E-state index contributed by atoms with van der Waals surface area (Å²) in [5.41, 5.74) is 0.580. The van der Waals surface area contributed by atoms with E-state index in [0.717, 1.165) is 24.2 Å². The van der Waals surface area contributed by atoms with E-state index in [1.807, 2.05) is 0 Å². The Morgan fingerprint density at radius 3 is 2.48 bits per heavy atom. The van der Waals surface area contributed by atoms with Crippen LogP contribution in [0, 0.1) is 0 Å². The Labute approximate surface area is 160 Å². The molecule has 3 rings (SSSR count). The average Bonchev–Trinajstić information content (AvgIpc) is 3.04. The fourth-order valence-corrected chi connectivity index (χ4v) is 6.16. The molecule has 0 radical (unpaired) electrons. The molecule has 1 aliphatic rings. The molecule has 1 unspecified atom stereocenters. The molecule has 2 heterocycles. The van der Waals surface area contributed by atoms with Crippen molar-refractivity contribution in [2.75, 3.05) is 11.9 Å². The van der Waals surface area contributed by atoms with Gasteiger partial charge in [-0.25, -0.2) is 8.42 Å². The first-order valence-electron chi connectivity index (χ1n) is 7.71. The highest BCUT2D eigenvalue weighted by Gasteiger charge is 2.38. The van der Waals surface area contributed by atoms with Crippen molar-refractivity contribution in [3.8, 4) is 0 Å². The zero-order chi connectivity index (χ0) is 18.0. The largest absolute Gasteiger partial charge is 0.325 e. The summed E-state index contributed by atoms with van der Waals surface area (Å²) in [5.74, 6) is -0.340. The maximum atomic E-state index is 12.9. The summed E-state index contributed by atoms with van der Waals surface area (Å²) in [6.45, 7) is 0.316. The fourth-order valence-electron chi connectivity index (χ4n) is 2.77. The third kappa shape index (κ3) is 4.17. The molecule has 1 saturated heterocycles. The number of hydrogen-bond donors (Lipinski definition) is 1.